The molecule has 2 aliphatic heterocycles. The number of aliphatic carboxylic acids is 1. The molecule has 0 aromatic heterocycles. The van der Waals surface area contributed by atoms with E-state index in [1.165, 1.54) is 0 Å². The number of unbranched alkanes of at least 4 members (excludes halogenated alkanes) is 1. The van der Waals surface area contributed by atoms with Crippen molar-refractivity contribution in [3.63, 3.8) is 0 Å². The summed E-state index contributed by atoms with van der Waals surface area (Å²) in [6, 6.07) is 22.2. The van der Waals surface area contributed by atoms with Crippen LogP contribution in [0, 0.1) is 5.92 Å². The number of ether oxygens (including phenoxy) is 3. The first-order valence-corrected chi connectivity index (χ1v) is 13.4. The highest BCUT2D eigenvalue weighted by Gasteiger charge is 2.48. The lowest BCUT2D eigenvalue weighted by Gasteiger charge is -2.30. The molecule has 2 heterocycles. The van der Waals surface area contributed by atoms with Gasteiger partial charge in [0, 0.05) is 30.7 Å². The zero-order valence-electron chi connectivity index (χ0n) is 22.3. The topological polar surface area (TPSA) is 88.5 Å². The average Bonchev–Trinajstić information content (AvgIpc) is 3.58. The Bertz CT molecular complexity index is 1300. The number of carbonyl (C=O) groups excluding carboxylic acids is 1. The number of amides is 1. The standard InChI is InChI=1S/C31H34N2O6/c1-3-4-16-33(23-8-6-5-7-9-23)28(34)19-32-18-25(22-12-15-26-27(17-22)39-20-38-26)29(31(35)36)30(32)21-10-13-24(37-2)14-11-21/h5-15,17,25,29-30H,3-4,16,18-20H2,1-2H3,(H,35,36)/t25-,29+,30-/m1/s1. The highest BCUT2D eigenvalue weighted by atomic mass is 16.7. The Labute approximate surface area is 228 Å². The van der Waals surface area contributed by atoms with Crippen molar-refractivity contribution in [1.82, 2.24) is 4.90 Å². The van der Waals surface area contributed by atoms with E-state index in [1.807, 2.05) is 82.6 Å². The van der Waals surface area contributed by atoms with E-state index in [0.29, 0.717) is 30.3 Å². The van der Waals surface area contributed by atoms with Crippen LogP contribution in [0.3, 0.4) is 0 Å². The summed E-state index contributed by atoms with van der Waals surface area (Å²) in [4.78, 5) is 30.5. The van der Waals surface area contributed by atoms with E-state index in [2.05, 4.69) is 6.92 Å². The first-order valence-electron chi connectivity index (χ1n) is 13.4. The molecule has 8 heteroatoms. The van der Waals surface area contributed by atoms with Crippen molar-refractivity contribution >= 4 is 17.6 Å². The maximum absolute atomic E-state index is 13.8. The lowest BCUT2D eigenvalue weighted by atomic mass is 9.82. The monoisotopic (exact) mass is 530 g/mol. The van der Waals surface area contributed by atoms with E-state index < -0.39 is 17.9 Å². The highest BCUT2D eigenvalue weighted by molar-refractivity contribution is 5.95. The fourth-order valence-corrected chi connectivity index (χ4v) is 5.65. The van der Waals surface area contributed by atoms with E-state index >= 15 is 0 Å². The van der Waals surface area contributed by atoms with Crippen LogP contribution in [0.1, 0.15) is 42.9 Å². The average molecular weight is 531 g/mol. The molecule has 3 atom stereocenters. The largest absolute Gasteiger partial charge is 0.497 e. The number of rotatable bonds is 10. The number of likely N-dealkylation sites (tertiary alicyclic amines) is 1. The zero-order chi connectivity index (χ0) is 27.4. The number of anilines is 1. The van der Waals surface area contributed by atoms with Crippen molar-refractivity contribution in [3.8, 4) is 17.2 Å². The highest BCUT2D eigenvalue weighted by Crippen LogP contribution is 2.47. The molecule has 5 rings (SSSR count). The van der Waals surface area contributed by atoms with Gasteiger partial charge in [0.2, 0.25) is 12.7 Å². The zero-order valence-corrected chi connectivity index (χ0v) is 22.3. The minimum absolute atomic E-state index is 0.0522. The van der Waals surface area contributed by atoms with Gasteiger partial charge in [0.1, 0.15) is 5.75 Å². The van der Waals surface area contributed by atoms with E-state index in [1.54, 1.807) is 7.11 Å². The summed E-state index contributed by atoms with van der Waals surface area (Å²) < 4.78 is 16.4. The normalized spacial score (nSPS) is 20.1. The third-order valence-electron chi connectivity index (χ3n) is 7.61. The van der Waals surface area contributed by atoms with Crippen molar-refractivity contribution in [2.75, 3.05) is 38.4 Å². The van der Waals surface area contributed by atoms with Crippen molar-refractivity contribution < 1.29 is 28.9 Å². The Hall–Kier alpha value is -4.04. The Morgan fingerprint density at radius 2 is 1.72 bits per heavy atom. The molecule has 3 aromatic carbocycles. The second kappa shape index (κ2) is 11.8. The quantitative estimate of drug-likeness (QED) is 0.390. The molecule has 0 spiro atoms. The van der Waals surface area contributed by atoms with Crippen LogP contribution >= 0.6 is 0 Å². The second-order valence-electron chi connectivity index (χ2n) is 9.97. The number of para-hydroxylation sites is 1. The van der Waals surface area contributed by atoms with Gasteiger partial charge in [0.05, 0.1) is 19.6 Å². The van der Waals surface area contributed by atoms with Crippen molar-refractivity contribution in [3.05, 3.63) is 83.9 Å². The van der Waals surface area contributed by atoms with Gasteiger partial charge in [-0.3, -0.25) is 14.5 Å². The Kier molecular flexibility index (Phi) is 8.02. The Morgan fingerprint density at radius 1 is 1.00 bits per heavy atom. The van der Waals surface area contributed by atoms with Crippen LogP contribution in [0.25, 0.3) is 0 Å². The first-order chi connectivity index (χ1) is 19.0. The summed E-state index contributed by atoms with van der Waals surface area (Å²) in [5.41, 5.74) is 2.53. The summed E-state index contributed by atoms with van der Waals surface area (Å²) in [6.07, 6.45) is 1.84. The minimum atomic E-state index is -0.903. The van der Waals surface area contributed by atoms with E-state index in [0.717, 1.165) is 29.7 Å². The molecule has 2 aliphatic rings. The van der Waals surface area contributed by atoms with Crippen LogP contribution in [0.2, 0.25) is 0 Å². The molecule has 0 saturated carbocycles. The van der Waals surface area contributed by atoms with E-state index in [4.69, 9.17) is 14.2 Å². The number of carboxylic acid groups (broad SMARTS) is 1. The Balaban J connectivity index is 1.50. The van der Waals surface area contributed by atoms with Gasteiger partial charge < -0.3 is 24.2 Å². The summed E-state index contributed by atoms with van der Waals surface area (Å²) in [7, 11) is 1.60. The van der Waals surface area contributed by atoms with Gasteiger partial charge in [-0.2, -0.15) is 0 Å². The predicted octanol–water partition coefficient (Wildman–Crippen LogP) is 5.10. The SMILES string of the molecule is CCCCN(C(=O)CN1C[C@H](c2ccc3c(c2)OCO3)[C@H](C(=O)O)[C@H]1c1ccc(OC)cc1)c1ccccc1. The van der Waals surface area contributed by atoms with Crippen LogP contribution in [0.5, 0.6) is 17.2 Å². The molecule has 0 bridgehead atoms. The summed E-state index contributed by atoms with van der Waals surface area (Å²) >= 11 is 0. The number of nitrogens with zero attached hydrogens (tertiary/aromatic N) is 2. The molecule has 204 valence electrons. The van der Waals surface area contributed by atoms with Crippen LogP contribution in [-0.4, -0.2) is 55.4 Å². The molecule has 1 N–H and O–H groups in total. The smallest absolute Gasteiger partial charge is 0.309 e. The van der Waals surface area contributed by atoms with Gasteiger partial charge >= 0.3 is 5.97 Å². The maximum atomic E-state index is 13.8. The van der Waals surface area contributed by atoms with Gasteiger partial charge in [-0.1, -0.05) is 49.7 Å². The fraction of sp³-hybridized carbons (Fsp3) is 0.355. The third kappa shape index (κ3) is 5.56. The number of benzene rings is 3. The molecular weight excluding hydrogens is 496 g/mol. The predicted molar refractivity (Wildman–Crippen MR) is 147 cm³/mol. The van der Waals surface area contributed by atoms with Gasteiger partial charge in [0.25, 0.3) is 0 Å². The Morgan fingerprint density at radius 3 is 2.41 bits per heavy atom. The molecule has 8 nitrogen and oxygen atoms in total. The maximum Gasteiger partial charge on any atom is 0.309 e. The van der Waals surface area contributed by atoms with Gasteiger partial charge in [-0.15, -0.1) is 0 Å². The third-order valence-corrected chi connectivity index (χ3v) is 7.61. The number of fused-ring (bicyclic) bond motifs is 1. The molecule has 1 amide bonds. The molecule has 1 fully saturated rings. The van der Waals surface area contributed by atoms with Crippen LogP contribution in [-0.2, 0) is 9.59 Å². The fourth-order valence-electron chi connectivity index (χ4n) is 5.65. The molecule has 0 unspecified atom stereocenters. The number of carbonyl (C=O) groups is 2. The number of methoxy groups -OCH3 is 1. The van der Waals surface area contributed by atoms with Crippen LogP contribution in [0.15, 0.2) is 72.8 Å². The van der Waals surface area contributed by atoms with Crippen molar-refractivity contribution in [2.24, 2.45) is 5.92 Å². The first kappa shape index (κ1) is 26.6. The second-order valence-corrected chi connectivity index (χ2v) is 9.97. The molecule has 3 aromatic rings. The lowest BCUT2D eigenvalue weighted by molar-refractivity contribution is -0.143. The molecular formula is C31H34N2O6. The van der Waals surface area contributed by atoms with Gasteiger partial charge in [-0.25, -0.2) is 0 Å². The summed E-state index contributed by atoms with van der Waals surface area (Å²) in [5.74, 6) is -0.125. The van der Waals surface area contributed by atoms with Crippen LogP contribution < -0.4 is 19.1 Å². The molecule has 1 saturated heterocycles. The molecule has 0 aliphatic carbocycles. The van der Waals surface area contributed by atoms with Crippen molar-refractivity contribution in [2.45, 2.75) is 31.7 Å². The van der Waals surface area contributed by atoms with Gasteiger partial charge in [0.15, 0.2) is 11.5 Å². The van der Waals surface area contributed by atoms with E-state index in [-0.39, 0.29) is 25.2 Å². The van der Waals surface area contributed by atoms with E-state index in [9.17, 15) is 14.7 Å². The van der Waals surface area contributed by atoms with Gasteiger partial charge in [-0.05, 0) is 53.9 Å². The van der Waals surface area contributed by atoms with Crippen molar-refractivity contribution in [1.29, 1.82) is 0 Å². The molecule has 0 radical (unpaired) electrons. The number of hydrogen-bond donors (Lipinski definition) is 1. The number of hydrogen-bond acceptors (Lipinski definition) is 6. The van der Waals surface area contributed by atoms with Crippen LogP contribution in [0.4, 0.5) is 5.69 Å². The lowest BCUT2D eigenvalue weighted by Crippen LogP contribution is -2.41. The summed E-state index contributed by atoms with van der Waals surface area (Å²) in [6.45, 7) is 3.36. The number of carboxylic acids is 1. The minimum Gasteiger partial charge on any atom is -0.497 e. The molecule has 39 heavy (non-hydrogen) atoms. The summed E-state index contributed by atoms with van der Waals surface area (Å²) in [5, 5.41) is 10.5.